The minimum Gasteiger partial charge on any atom is -0.496 e. The number of primary sulfonamides is 1. The van der Waals surface area contributed by atoms with Crippen LogP contribution < -0.4 is 15.2 Å². The first-order valence-electron chi connectivity index (χ1n) is 7.70. The molecule has 0 fully saturated rings. The van der Waals surface area contributed by atoms with Crippen molar-refractivity contribution in [1.82, 2.24) is 0 Å². The van der Waals surface area contributed by atoms with E-state index in [0.717, 1.165) is 6.07 Å². The smallest absolute Gasteiger partial charge is 0.342 e. The summed E-state index contributed by atoms with van der Waals surface area (Å²) in [5.74, 6) is -1.55. The molecule has 11 heteroatoms. The SMILES string of the molecule is COc1ccc(S(N)(=O)=O)cc1C(=O)OC(C)C(=O)Nc1cc(Cl)cc(Cl)c1. The number of benzene rings is 2. The number of nitrogens with one attached hydrogen (secondary N) is 1. The zero-order valence-electron chi connectivity index (χ0n) is 14.7. The minimum absolute atomic E-state index is 0.0617. The van der Waals surface area contributed by atoms with E-state index in [1.54, 1.807) is 0 Å². The Balaban J connectivity index is 2.18. The number of hydrogen-bond acceptors (Lipinski definition) is 6. The van der Waals surface area contributed by atoms with Gasteiger partial charge in [-0.1, -0.05) is 23.2 Å². The van der Waals surface area contributed by atoms with Gasteiger partial charge in [0.15, 0.2) is 6.10 Å². The molecule has 2 aromatic carbocycles. The van der Waals surface area contributed by atoms with Crippen molar-refractivity contribution in [1.29, 1.82) is 0 Å². The molecule has 0 aliphatic carbocycles. The van der Waals surface area contributed by atoms with E-state index in [4.69, 9.17) is 37.8 Å². The summed E-state index contributed by atoms with van der Waals surface area (Å²) in [4.78, 5) is 24.4. The van der Waals surface area contributed by atoms with Crippen molar-refractivity contribution < 1.29 is 27.5 Å². The van der Waals surface area contributed by atoms with Crippen molar-refractivity contribution in [2.45, 2.75) is 17.9 Å². The van der Waals surface area contributed by atoms with Gasteiger partial charge in [-0.25, -0.2) is 18.4 Å². The van der Waals surface area contributed by atoms with Crippen LogP contribution in [0.2, 0.25) is 10.0 Å². The lowest BCUT2D eigenvalue weighted by molar-refractivity contribution is -0.123. The van der Waals surface area contributed by atoms with Crippen molar-refractivity contribution >= 4 is 50.8 Å². The van der Waals surface area contributed by atoms with Crippen LogP contribution in [0, 0.1) is 0 Å². The fourth-order valence-corrected chi connectivity index (χ4v) is 3.24. The lowest BCUT2D eigenvalue weighted by Crippen LogP contribution is -2.30. The zero-order valence-corrected chi connectivity index (χ0v) is 17.1. The summed E-state index contributed by atoms with van der Waals surface area (Å²) >= 11 is 11.7. The Labute approximate surface area is 171 Å². The van der Waals surface area contributed by atoms with Gasteiger partial charge in [0.2, 0.25) is 10.0 Å². The first kappa shape index (κ1) is 22.0. The van der Waals surface area contributed by atoms with Crippen LogP contribution in [0.3, 0.4) is 0 Å². The Hall–Kier alpha value is -2.33. The maximum Gasteiger partial charge on any atom is 0.342 e. The molecule has 0 spiro atoms. The van der Waals surface area contributed by atoms with E-state index in [0.29, 0.717) is 15.7 Å². The second-order valence-corrected chi connectivity index (χ2v) is 8.04. The first-order chi connectivity index (χ1) is 13.0. The first-order valence-corrected chi connectivity index (χ1v) is 10.00. The van der Waals surface area contributed by atoms with E-state index in [1.165, 1.54) is 44.4 Å². The van der Waals surface area contributed by atoms with E-state index in [1.807, 2.05) is 0 Å². The predicted molar refractivity (Wildman–Crippen MR) is 104 cm³/mol. The number of methoxy groups -OCH3 is 1. The maximum absolute atomic E-state index is 12.4. The number of esters is 1. The average molecular weight is 447 g/mol. The van der Waals surface area contributed by atoms with Gasteiger partial charge in [0.25, 0.3) is 5.91 Å². The van der Waals surface area contributed by atoms with Crippen molar-refractivity contribution in [3.05, 3.63) is 52.0 Å². The molecule has 2 rings (SSSR count). The molecule has 150 valence electrons. The molecule has 0 saturated carbocycles. The van der Waals surface area contributed by atoms with Crippen LogP contribution in [0.25, 0.3) is 0 Å². The lowest BCUT2D eigenvalue weighted by Gasteiger charge is -2.15. The Morgan fingerprint density at radius 3 is 2.25 bits per heavy atom. The molecule has 8 nitrogen and oxygen atoms in total. The standard InChI is InChI=1S/C17H16Cl2N2O6S/c1-9(16(22)21-12-6-10(18)5-11(19)7-12)27-17(23)14-8-13(28(20,24)25)3-4-15(14)26-2/h3-9H,1-2H3,(H,21,22)(H2,20,24,25). The number of sulfonamides is 1. The van der Waals surface area contributed by atoms with Crippen molar-refractivity contribution in [2.75, 3.05) is 12.4 Å². The van der Waals surface area contributed by atoms with Crippen LogP contribution in [-0.2, 0) is 19.6 Å². The van der Waals surface area contributed by atoms with Gasteiger partial charge in [0.05, 0.1) is 12.0 Å². The van der Waals surface area contributed by atoms with Crippen LogP contribution in [0.1, 0.15) is 17.3 Å². The molecule has 0 saturated heterocycles. The summed E-state index contributed by atoms with van der Waals surface area (Å²) in [6.45, 7) is 1.34. The van der Waals surface area contributed by atoms with Crippen molar-refractivity contribution in [3.63, 3.8) is 0 Å². The zero-order chi connectivity index (χ0) is 21.1. The highest BCUT2D eigenvalue weighted by molar-refractivity contribution is 7.89. The molecule has 2 aromatic rings. The van der Waals surface area contributed by atoms with Crippen LogP contribution >= 0.6 is 23.2 Å². The summed E-state index contributed by atoms with van der Waals surface area (Å²) in [5.41, 5.74) is 0.124. The number of carbonyl (C=O) groups is 2. The predicted octanol–water partition coefficient (Wildman–Crippen LogP) is 2.83. The Bertz CT molecular complexity index is 1010. The van der Waals surface area contributed by atoms with E-state index < -0.39 is 28.0 Å². The van der Waals surface area contributed by atoms with Gasteiger partial charge in [0, 0.05) is 15.7 Å². The average Bonchev–Trinajstić information content (AvgIpc) is 2.59. The molecule has 0 heterocycles. The summed E-state index contributed by atoms with van der Waals surface area (Å²) in [7, 11) is -2.75. The maximum atomic E-state index is 12.4. The molecule has 0 bridgehead atoms. The highest BCUT2D eigenvalue weighted by Gasteiger charge is 2.23. The quantitative estimate of drug-likeness (QED) is 0.657. The minimum atomic E-state index is -4.05. The number of anilines is 1. The summed E-state index contributed by atoms with van der Waals surface area (Å²) in [5, 5.41) is 8.22. The molecule has 0 aliphatic rings. The molecular formula is C17H16Cl2N2O6S. The summed E-state index contributed by atoms with van der Waals surface area (Å²) in [6.07, 6.45) is -1.21. The fourth-order valence-electron chi connectivity index (χ4n) is 2.17. The third kappa shape index (κ3) is 5.59. The van der Waals surface area contributed by atoms with Gasteiger partial charge in [-0.3, -0.25) is 4.79 Å². The monoisotopic (exact) mass is 446 g/mol. The number of nitrogens with two attached hydrogens (primary N) is 1. The summed E-state index contributed by atoms with van der Waals surface area (Å²) in [6, 6.07) is 7.89. The van der Waals surface area contributed by atoms with Gasteiger partial charge in [-0.15, -0.1) is 0 Å². The third-order valence-electron chi connectivity index (χ3n) is 3.50. The highest BCUT2D eigenvalue weighted by atomic mass is 35.5. The number of ether oxygens (including phenoxy) is 2. The highest BCUT2D eigenvalue weighted by Crippen LogP contribution is 2.24. The van der Waals surface area contributed by atoms with Gasteiger partial charge < -0.3 is 14.8 Å². The molecule has 3 N–H and O–H groups in total. The second-order valence-electron chi connectivity index (χ2n) is 5.60. The Morgan fingerprint density at radius 1 is 1.11 bits per heavy atom. The van der Waals surface area contributed by atoms with Gasteiger partial charge in [0.1, 0.15) is 11.3 Å². The number of amides is 1. The van der Waals surface area contributed by atoms with E-state index >= 15 is 0 Å². The van der Waals surface area contributed by atoms with E-state index in [2.05, 4.69) is 5.32 Å². The topological polar surface area (TPSA) is 125 Å². The van der Waals surface area contributed by atoms with Gasteiger partial charge in [-0.05, 0) is 43.3 Å². The van der Waals surface area contributed by atoms with E-state index in [9.17, 15) is 18.0 Å². The van der Waals surface area contributed by atoms with Crippen molar-refractivity contribution in [3.8, 4) is 5.75 Å². The largest absolute Gasteiger partial charge is 0.496 e. The van der Waals surface area contributed by atoms with Gasteiger partial charge in [-0.2, -0.15) is 0 Å². The molecule has 1 unspecified atom stereocenters. The third-order valence-corrected chi connectivity index (χ3v) is 4.85. The molecule has 0 aromatic heterocycles. The molecular weight excluding hydrogens is 431 g/mol. The van der Waals surface area contributed by atoms with Crippen LogP contribution in [-0.4, -0.2) is 33.5 Å². The van der Waals surface area contributed by atoms with Gasteiger partial charge >= 0.3 is 5.97 Å². The Morgan fingerprint density at radius 2 is 1.71 bits per heavy atom. The number of rotatable bonds is 6. The number of hydrogen-bond donors (Lipinski definition) is 2. The molecule has 28 heavy (non-hydrogen) atoms. The van der Waals surface area contributed by atoms with E-state index in [-0.39, 0.29) is 16.2 Å². The number of carbonyl (C=O) groups excluding carboxylic acids is 2. The fraction of sp³-hybridized carbons (Fsp3) is 0.176. The van der Waals surface area contributed by atoms with Crippen LogP contribution in [0.4, 0.5) is 5.69 Å². The molecule has 1 atom stereocenters. The normalized spacial score (nSPS) is 12.2. The molecule has 0 radical (unpaired) electrons. The Kier molecular flexibility index (Phi) is 6.89. The molecule has 0 aliphatic heterocycles. The van der Waals surface area contributed by atoms with Crippen LogP contribution in [0.5, 0.6) is 5.75 Å². The van der Waals surface area contributed by atoms with Crippen molar-refractivity contribution in [2.24, 2.45) is 5.14 Å². The second kappa shape index (κ2) is 8.78. The number of halogens is 2. The van der Waals surface area contributed by atoms with Crippen LogP contribution in [0.15, 0.2) is 41.3 Å². The summed E-state index contributed by atoms with van der Waals surface area (Å²) < 4.78 is 33.1. The molecule has 1 amide bonds. The lowest BCUT2D eigenvalue weighted by atomic mass is 10.2.